The normalized spacial score (nSPS) is 16.5. The van der Waals surface area contributed by atoms with Crippen LogP contribution in [0.2, 0.25) is 0 Å². The minimum absolute atomic E-state index is 0.00163. The van der Waals surface area contributed by atoms with Gasteiger partial charge in [0.15, 0.2) is 0 Å². The van der Waals surface area contributed by atoms with Crippen molar-refractivity contribution in [3.63, 3.8) is 0 Å². The van der Waals surface area contributed by atoms with E-state index in [2.05, 4.69) is 14.9 Å². The van der Waals surface area contributed by atoms with Crippen molar-refractivity contribution in [2.75, 3.05) is 0 Å². The summed E-state index contributed by atoms with van der Waals surface area (Å²) < 4.78 is 28.6. The predicted octanol–water partition coefficient (Wildman–Crippen LogP) is 2.75. The van der Waals surface area contributed by atoms with Crippen molar-refractivity contribution in [2.45, 2.75) is 56.4 Å². The fraction of sp³-hybridized carbons (Fsp3) is 0.444. The average Bonchev–Trinajstić information content (AvgIpc) is 2.84. The molecule has 7 heteroatoms. The second kappa shape index (κ2) is 7.49. The lowest BCUT2D eigenvalue weighted by Crippen LogP contribution is -2.34. The van der Waals surface area contributed by atoms with Gasteiger partial charge in [-0.2, -0.15) is 5.10 Å². The Morgan fingerprint density at radius 3 is 2.44 bits per heavy atom. The quantitative estimate of drug-likeness (QED) is 0.819. The maximum absolute atomic E-state index is 12.9. The van der Waals surface area contributed by atoms with Crippen molar-refractivity contribution in [2.24, 2.45) is 0 Å². The molecule has 0 radical (unpaired) electrons. The largest absolute Gasteiger partial charge is 0.268 e. The highest BCUT2D eigenvalue weighted by Gasteiger charge is 2.23. The minimum atomic E-state index is -3.60. The first-order chi connectivity index (χ1) is 12.0. The molecule has 3 rings (SSSR count). The lowest BCUT2D eigenvalue weighted by molar-refractivity contribution is 0.509. The lowest BCUT2D eigenvalue weighted by atomic mass is 10.1. The van der Waals surface area contributed by atoms with Crippen LogP contribution in [0.3, 0.4) is 0 Å². The number of aromatic nitrogens is 2. The molecule has 1 aliphatic rings. The zero-order valence-electron chi connectivity index (χ0n) is 14.3. The van der Waals surface area contributed by atoms with Gasteiger partial charge in [0.1, 0.15) is 0 Å². The van der Waals surface area contributed by atoms with Crippen molar-refractivity contribution in [3.05, 3.63) is 46.2 Å². The molecule has 1 fully saturated rings. The monoisotopic (exact) mass is 361 g/mol. The van der Waals surface area contributed by atoms with E-state index >= 15 is 0 Å². The fourth-order valence-corrected chi connectivity index (χ4v) is 4.81. The van der Waals surface area contributed by atoms with Crippen LogP contribution in [-0.4, -0.2) is 24.7 Å². The first-order valence-electron chi connectivity index (χ1n) is 8.65. The molecule has 0 amide bonds. The van der Waals surface area contributed by atoms with Crippen molar-refractivity contribution >= 4 is 10.0 Å². The third-order valence-corrected chi connectivity index (χ3v) is 6.29. The molecule has 1 aliphatic carbocycles. The molecule has 2 N–H and O–H groups in total. The van der Waals surface area contributed by atoms with Crippen LogP contribution in [0.4, 0.5) is 0 Å². The second-order valence-corrected chi connectivity index (χ2v) is 8.28. The Morgan fingerprint density at radius 2 is 1.80 bits per heavy atom. The molecule has 1 aromatic heterocycles. The van der Waals surface area contributed by atoms with E-state index in [1.54, 1.807) is 31.2 Å². The number of rotatable bonds is 4. The van der Waals surface area contributed by atoms with Gasteiger partial charge in [-0.3, -0.25) is 4.79 Å². The molecule has 0 aliphatic heterocycles. The first kappa shape index (κ1) is 17.8. The molecule has 2 aromatic rings. The van der Waals surface area contributed by atoms with E-state index in [0.29, 0.717) is 16.8 Å². The summed E-state index contributed by atoms with van der Waals surface area (Å²) in [5, 5.41) is 6.35. The van der Waals surface area contributed by atoms with Crippen LogP contribution >= 0.6 is 0 Å². The zero-order valence-corrected chi connectivity index (χ0v) is 15.1. The standard InChI is InChI=1S/C18H23N3O3S/c1-13-8-9-14(16-10-11-18(22)20-19-16)12-17(13)25(23,24)21-15-6-4-2-3-5-7-15/h8-12,15,21H,2-7H2,1H3,(H,20,22). The Hall–Kier alpha value is -1.99. The number of nitrogens with zero attached hydrogens (tertiary/aromatic N) is 1. The molecule has 0 spiro atoms. The molecule has 1 saturated carbocycles. The highest BCUT2D eigenvalue weighted by molar-refractivity contribution is 7.89. The van der Waals surface area contributed by atoms with Gasteiger partial charge in [0.2, 0.25) is 10.0 Å². The summed E-state index contributed by atoms with van der Waals surface area (Å²) >= 11 is 0. The van der Waals surface area contributed by atoms with E-state index in [4.69, 9.17) is 0 Å². The smallest absolute Gasteiger partial charge is 0.264 e. The fourth-order valence-electron chi connectivity index (χ4n) is 3.23. The molecular formula is C18H23N3O3S. The minimum Gasteiger partial charge on any atom is -0.268 e. The Morgan fingerprint density at radius 1 is 1.08 bits per heavy atom. The Kier molecular flexibility index (Phi) is 5.34. The van der Waals surface area contributed by atoms with Crippen LogP contribution in [0.25, 0.3) is 11.3 Å². The molecule has 134 valence electrons. The summed E-state index contributed by atoms with van der Waals surface area (Å²) in [6, 6.07) is 8.15. The molecule has 6 nitrogen and oxygen atoms in total. The Bertz CT molecular complexity index is 878. The number of benzene rings is 1. The van der Waals surface area contributed by atoms with Gasteiger partial charge in [-0.15, -0.1) is 0 Å². The van der Waals surface area contributed by atoms with Crippen LogP contribution in [0.15, 0.2) is 40.0 Å². The third kappa shape index (κ3) is 4.35. The van der Waals surface area contributed by atoms with Crippen LogP contribution in [0, 0.1) is 6.92 Å². The number of hydrogen-bond donors (Lipinski definition) is 2. The van der Waals surface area contributed by atoms with Crippen molar-refractivity contribution in [1.29, 1.82) is 0 Å². The number of H-pyrrole nitrogens is 1. The van der Waals surface area contributed by atoms with Gasteiger partial charge >= 0.3 is 0 Å². The zero-order chi connectivity index (χ0) is 17.9. The van der Waals surface area contributed by atoms with Crippen molar-refractivity contribution in [1.82, 2.24) is 14.9 Å². The predicted molar refractivity (Wildman–Crippen MR) is 96.8 cm³/mol. The molecule has 0 unspecified atom stereocenters. The molecule has 0 atom stereocenters. The van der Waals surface area contributed by atoms with Gasteiger partial charge < -0.3 is 0 Å². The molecule has 1 aromatic carbocycles. The first-order valence-corrected chi connectivity index (χ1v) is 10.1. The maximum atomic E-state index is 12.9. The van der Waals surface area contributed by atoms with Gasteiger partial charge in [0.05, 0.1) is 10.6 Å². The highest BCUT2D eigenvalue weighted by atomic mass is 32.2. The molecule has 0 saturated heterocycles. The molecular weight excluding hydrogens is 338 g/mol. The third-order valence-electron chi connectivity index (χ3n) is 4.63. The van der Waals surface area contributed by atoms with Crippen LogP contribution < -0.4 is 10.3 Å². The number of aryl methyl sites for hydroxylation is 1. The van der Waals surface area contributed by atoms with E-state index in [1.807, 2.05) is 0 Å². The average molecular weight is 361 g/mol. The summed E-state index contributed by atoms with van der Waals surface area (Å²) in [7, 11) is -3.60. The van der Waals surface area contributed by atoms with Gasteiger partial charge in [-0.1, -0.05) is 37.8 Å². The summed E-state index contributed by atoms with van der Waals surface area (Å²) in [5.74, 6) is 0. The number of nitrogens with one attached hydrogen (secondary N) is 2. The van der Waals surface area contributed by atoms with Crippen LogP contribution in [-0.2, 0) is 10.0 Å². The summed E-state index contributed by atoms with van der Waals surface area (Å²) in [6.07, 6.45) is 6.25. The van der Waals surface area contributed by atoms with E-state index < -0.39 is 10.0 Å². The molecule has 0 bridgehead atoms. The van der Waals surface area contributed by atoms with E-state index in [0.717, 1.165) is 25.7 Å². The number of sulfonamides is 1. The lowest BCUT2D eigenvalue weighted by Gasteiger charge is -2.18. The van der Waals surface area contributed by atoms with Gasteiger partial charge in [-0.25, -0.2) is 18.2 Å². The maximum Gasteiger partial charge on any atom is 0.264 e. The number of hydrogen-bond acceptors (Lipinski definition) is 4. The van der Waals surface area contributed by atoms with Gasteiger partial charge in [0.25, 0.3) is 5.56 Å². The topological polar surface area (TPSA) is 91.9 Å². The van der Waals surface area contributed by atoms with Crippen molar-refractivity contribution < 1.29 is 8.42 Å². The van der Waals surface area contributed by atoms with Crippen molar-refractivity contribution in [3.8, 4) is 11.3 Å². The number of aromatic amines is 1. The molecule has 25 heavy (non-hydrogen) atoms. The SMILES string of the molecule is Cc1ccc(-c2ccc(=O)[nH]n2)cc1S(=O)(=O)NC1CCCCCC1. The summed E-state index contributed by atoms with van der Waals surface area (Å²) in [6.45, 7) is 1.78. The summed E-state index contributed by atoms with van der Waals surface area (Å²) in [5.41, 5.74) is 1.58. The van der Waals surface area contributed by atoms with E-state index in [-0.39, 0.29) is 16.5 Å². The van der Waals surface area contributed by atoms with E-state index in [9.17, 15) is 13.2 Å². The van der Waals surface area contributed by atoms with Gasteiger partial charge in [-0.05, 0) is 37.5 Å². The highest BCUT2D eigenvalue weighted by Crippen LogP contribution is 2.25. The van der Waals surface area contributed by atoms with Crippen LogP contribution in [0.1, 0.15) is 44.1 Å². The molecule has 1 heterocycles. The Labute approximate surface area is 147 Å². The van der Waals surface area contributed by atoms with Crippen LogP contribution in [0.5, 0.6) is 0 Å². The Balaban J connectivity index is 1.90. The van der Waals surface area contributed by atoms with Gasteiger partial charge in [0, 0.05) is 17.7 Å². The summed E-state index contributed by atoms with van der Waals surface area (Å²) in [4.78, 5) is 11.4. The van der Waals surface area contributed by atoms with E-state index in [1.165, 1.54) is 18.9 Å². The second-order valence-electron chi connectivity index (χ2n) is 6.60.